The van der Waals surface area contributed by atoms with E-state index in [0.717, 1.165) is 6.42 Å². The van der Waals surface area contributed by atoms with Gasteiger partial charge in [0, 0.05) is 13.2 Å². The Morgan fingerprint density at radius 3 is 2.67 bits per heavy atom. The van der Waals surface area contributed by atoms with E-state index in [1.165, 1.54) is 24.3 Å². The van der Waals surface area contributed by atoms with Gasteiger partial charge < -0.3 is 15.2 Å². The Hall–Kier alpha value is -1.46. The van der Waals surface area contributed by atoms with Gasteiger partial charge in [-0.15, -0.1) is 0 Å². The molecule has 0 saturated heterocycles. The molecule has 0 saturated carbocycles. The number of benzene rings is 1. The fraction of sp³-hybridized carbons (Fsp3) is 0.462. The molecule has 0 spiro atoms. The molecule has 0 amide bonds. The van der Waals surface area contributed by atoms with Crippen molar-refractivity contribution in [1.29, 1.82) is 0 Å². The maximum Gasteiger partial charge on any atom is 0.325 e. The van der Waals surface area contributed by atoms with Crippen molar-refractivity contribution < 1.29 is 19.0 Å². The van der Waals surface area contributed by atoms with Gasteiger partial charge in [-0.25, -0.2) is 4.39 Å². The van der Waals surface area contributed by atoms with Gasteiger partial charge in [-0.05, 0) is 37.6 Å². The second-order valence-corrected chi connectivity index (χ2v) is 3.83. The lowest BCUT2D eigenvalue weighted by atomic mass is 10.1. The van der Waals surface area contributed by atoms with Crippen molar-refractivity contribution in [3.8, 4) is 0 Å². The highest BCUT2D eigenvalue weighted by molar-refractivity contribution is 5.75. The number of aliphatic carboxylic acids is 1. The number of carbonyl (C=O) groups is 1. The van der Waals surface area contributed by atoms with Crippen molar-refractivity contribution in [1.82, 2.24) is 5.32 Å². The summed E-state index contributed by atoms with van der Waals surface area (Å²) in [6.45, 7) is 3.69. The summed E-state index contributed by atoms with van der Waals surface area (Å²) in [4.78, 5) is 11.1. The normalized spacial score (nSPS) is 12.3. The first-order valence-corrected chi connectivity index (χ1v) is 5.94. The molecule has 1 aromatic carbocycles. The fourth-order valence-corrected chi connectivity index (χ4v) is 1.57. The number of carboxylic acid groups (broad SMARTS) is 1. The van der Waals surface area contributed by atoms with E-state index in [4.69, 9.17) is 9.84 Å². The summed E-state index contributed by atoms with van der Waals surface area (Å²) in [6.07, 6.45) is 0.735. The summed E-state index contributed by atoms with van der Waals surface area (Å²) in [5, 5.41) is 12.0. The van der Waals surface area contributed by atoms with Crippen molar-refractivity contribution >= 4 is 5.97 Å². The Bertz CT molecular complexity index is 367. The lowest BCUT2D eigenvalue weighted by molar-refractivity contribution is -0.139. The molecule has 0 aliphatic heterocycles. The van der Waals surface area contributed by atoms with E-state index in [1.54, 1.807) is 0 Å². The molecule has 0 radical (unpaired) electrons. The minimum atomic E-state index is -0.974. The summed E-state index contributed by atoms with van der Waals surface area (Å²) in [7, 11) is 0. The molecule has 18 heavy (non-hydrogen) atoms. The monoisotopic (exact) mass is 255 g/mol. The molecule has 4 nitrogen and oxygen atoms in total. The highest BCUT2D eigenvalue weighted by Gasteiger charge is 2.18. The lowest BCUT2D eigenvalue weighted by Gasteiger charge is -2.14. The third-order valence-electron chi connectivity index (χ3n) is 2.47. The first-order valence-electron chi connectivity index (χ1n) is 5.94. The molecule has 0 fully saturated rings. The van der Waals surface area contributed by atoms with Crippen molar-refractivity contribution in [2.24, 2.45) is 0 Å². The van der Waals surface area contributed by atoms with Crippen LogP contribution in [0.2, 0.25) is 0 Å². The molecule has 0 bridgehead atoms. The van der Waals surface area contributed by atoms with Crippen molar-refractivity contribution in [2.75, 3.05) is 19.8 Å². The lowest BCUT2D eigenvalue weighted by Crippen LogP contribution is -2.29. The number of rotatable bonds is 8. The zero-order chi connectivity index (χ0) is 13.4. The Labute approximate surface area is 106 Å². The number of hydrogen-bond acceptors (Lipinski definition) is 3. The van der Waals surface area contributed by atoms with Crippen LogP contribution in [0.3, 0.4) is 0 Å². The summed E-state index contributed by atoms with van der Waals surface area (Å²) < 4.78 is 17.9. The molecule has 100 valence electrons. The third kappa shape index (κ3) is 4.81. The zero-order valence-electron chi connectivity index (χ0n) is 10.4. The van der Waals surface area contributed by atoms with Crippen LogP contribution in [0.15, 0.2) is 24.3 Å². The Morgan fingerprint density at radius 1 is 1.44 bits per heavy atom. The predicted molar refractivity (Wildman–Crippen MR) is 65.9 cm³/mol. The smallest absolute Gasteiger partial charge is 0.325 e. The molecule has 0 aliphatic rings. The molecule has 0 aromatic heterocycles. The van der Waals surface area contributed by atoms with E-state index in [1.807, 2.05) is 6.92 Å². The first-order chi connectivity index (χ1) is 8.65. The van der Waals surface area contributed by atoms with E-state index >= 15 is 0 Å². The van der Waals surface area contributed by atoms with Crippen molar-refractivity contribution in [3.63, 3.8) is 0 Å². The number of nitrogens with one attached hydrogen (secondary N) is 1. The number of halogens is 1. The van der Waals surface area contributed by atoms with Gasteiger partial charge in [-0.1, -0.05) is 12.1 Å². The summed E-state index contributed by atoms with van der Waals surface area (Å²) in [5.74, 6) is -1.35. The highest BCUT2D eigenvalue weighted by atomic mass is 19.1. The van der Waals surface area contributed by atoms with E-state index in [-0.39, 0.29) is 5.82 Å². The molecule has 1 aromatic rings. The van der Waals surface area contributed by atoms with Crippen LogP contribution in [-0.4, -0.2) is 30.8 Å². The Kier molecular flexibility index (Phi) is 6.32. The maximum absolute atomic E-state index is 12.8. The molecular formula is C13H18FNO3. The quantitative estimate of drug-likeness (QED) is 0.697. The molecule has 0 aliphatic carbocycles. The van der Waals surface area contributed by atoms with Crippen LogP contribution in [0, 0.1) is 5.82 Å². The van der Waals surface area contributed by atoms with Crippen LogP contribution >= 0.6 is 0 Å². The van der Waals surface area contributed by atoms with Gasteiger partial charge in [0.25, 0.3) is 0 Å². The average Bonchev–Trinajstić information content (AvgIpc) is 2.35. The topological polar surface area (TPSA) is 58.6 Å². The van der Waals surface area contributed by atoms with Gasteiger partial charge in [-0.2, -0.15) is 0 Å². The van der Waals surface area contributed by atoms with Crippen LogP contribution in [0.4, 0.5) is 4.39 Å². The maximum atomic E-state index is 12.8. The third-order valence-corrected chi connectivity index (χ3v) is 2.47. The van der Waals surface area contributed by atoms with Gasteiger partial charge in [0.05, 0.1) is 0 Å². The SMILES string of the molecule is CCOCCCNC(C(=O)O)c1ccc(F)cc1. The summed E-state index contributed by atoms with van der Waals surface area (Å²) in [6, 6.07) is 4.65. The van der Waals surface area contributed by atoms with Crippen molar-refractivity contribution in [3.05, 3.63) is 35.6 Å². The highest BCUT2D eigenvalue weighted by Crippen LogP contribution is 2.13. The Morgan fingerprint density at radius 2 is 2.11 bits per heavy atom. The van der Waals surface area contributed by atoms with Gasteiger partial charge >= 0.3 is 5.97 Å². The number of hydrogen-bond donors (Lipinski definition) is 2. The van der Waals surface area contributed by atoms with Crippen LogP contribution in [0.25, 0.3) is 0 Å². The Balaban J connectivity index is 2.50. The molecule has 1 rings (SSSR count). The van der Waals surface area contributed by atoms with Crippen LogP contribution < -0.4 is 5.32 Å². The molecular weight excluding hydrogens is 237 g/mol. The van der Waals surface area contributed by atoms with Crippen LogP contribution in [-0.2, 0) is 9.53 Å². The molecule has 1 atom stereocenters. The zero-order valence-corrected chi connectivity index (χ0v) is 10.4. The second kappa shape index (κ2) is 7.79. The van der Waals surface area contributed by atoms with Gasteiger partial charge in [-0.3, -0.25) is 4.79 Å². The standard InChI is InChI=1S/C13H18FNO3/c1-2-18-9-3-8-15-12(13(16)17)10-4-6-11(14)7-5-10/h4-7,12,15H,2-3,8-9H2,1H3,(H,16,17). The van der Waals surface area contributed by atoms with Crippen molar-refractivity contribution in [2.45, 2.75) is 19.4 Å². The minimum absolute atomic E-state index is 0.376. The first kappa shape index (κ1) is 14.6. The van der Waals surface area contributed by atoms with E-state index < -0.39 is 12.0 Å². The summed E-state index contributed by atoms with van der Waals surface area (Å²) >= 11 is 0. The molecule has 5 heteroatoms. The van der Waals surface area contributed by atoms with Gasteiger partial charge in [0.15, 0.2) is 0 Å². The van der Waals surface area contributed by atoms with Gasteiger partial charge in [0.1, 0.15) is 11.9 Å². The molecule has 0 heterocycles. The average molecular weight is 255 g/mol. The summed E-state index contributed by atoms with van der Waals surface area (Å²) in [5.41, 5.74) is 0.542. The van der Waals surface area contributed by atoms with E-state index in [9.17, 15) is 9.18 Å². The second-order valence-electron chi connectivity index (χ2n) is 3.83. The number of ether oxygens (including phenoxy) is 1. The number of carboxylic acids is 1. The predicted octanol–water partition coefficient (Wildman–Crippen LogP) is 1.97. The van der Waals surface area contributed by atoms with Gasteiger partial charge in [0.2, 0.25) is 0 Å². The minimum Gasteiger partial charge on any atom is -0.480 e. The van der Waals surface area contributed by atoms with Crippen LogP contribution in [0.5, 0.6) is 0 Å². The largest absolute Gasteiger partial charge is 0.480 e. The molecule has 1 unspecified atom stereocenters. The van der Waals surface area contributed by atoms with Crippen LogP contribution in [0.1, 0.15) is 24.9 Å². The fourth-order valence-electron chi connectivity index (χ4n) is 1.57. The van der Waals surface area contributed by atoms with E-state index in [0.29, 0.717) is 25.3 Å². The molecule has 2 N–H and O–H groups in total. The van der Waals surface area contributed by atoms with E-state index in [2.05, 4.69) is 5.32 Å².